The monoisotopic (exact) mass is 255 g/mol. The zero-order valence-electron chi connectivity index (χ0n) is 10.5. The Balaban J connectivity index is 2.77. The van der Waals surface area contributed by atoms with Crippen molar-refractivity contribution in [1.29, 1.82) is 0 Å². The molecule has 0 aliphatic carbocycles. The molecule has 6 nitrogen and oxygen atoms in total. The minimum Gasteiger partial charge on any atom is -0.480 e. The van der Waals surface area contributed by atoms with Gasteiger partial charge in [0.15, 0.2) is 6.04 Å². The molecular weight excluding hydrogens is 238 g/mol. The summed E-state index contributed by atoms with van der Waals surface area (Å²) in [7, 11) is 0. The lowest BCUT2D eigenvalue weighted by Gasteiger charge is -2.34. The molecular formula is C12H17NO5. The van der Waals surface area contributed by atoms with Crippen LogP contribution in [-0.2, 0) is 19.1 Å². The second-order valence-corrected chi connectivity index (χ2v) is 3.80. The number of carbonyl (C=O) groups excluding carboxylic acids is 1. The Morgan fingerprint density at radius 1 is 1.44 bits per heavy atom. The largest absolute Gasteiger partial charge is 0.480 e. The van der Waals surface area contributed by atoms with E-state index in [0.29, 0.717) is 6.42 Å². The van der Waals surface area contributed by atoms with Gasteiger partial charge in [0.2, 0.25) is 0 Å². The number of dihydropyridines is 1. The molecule has 0 spiro atoms. The van der Waals surface area contributed by atoms with Crippen molar-refractivity contribution in [2.75, 3.05) is 13.2 Å². The summed E-state index contributed by atoms with van der Waals surface area (Å²) in [6.07, 6.45) is 5.06. The minimum atomic E-state index is -1.09. The summed E-state index contributed by atoms with van der Waals surface area (Å²) < 4.78 is 10.2. The van der Waals surface area contributed by atoms with E-state index in [1.807, 2.05) is 0 Å². The highest BCUT2D eigenvalue weighted by Gasteiger charge is 2.42. The normalized spacial score (nSPS) is 26.0. The topological polar surface area (TPSA) is 85.2 Å². The van der Waals surface area contributed by atoms with E-state index in [-0.39, 0.29) is 13.2 Å². The fourth-order valence-corrected chi connectivity index (χ4v) is 1.77. The lowest BCUT2D eigenvalue weighted by atomic mass is 9.89. The average molecular weight is 255 g/mol. The van der Waals surface area contributed by atoms with Crippen molar-refractivity contribution in [2.24, 2.45) is 4.99 Å². The number of hydrogen-bond acceptors (Lipinski definition) is 5. The molecule has 2 atom stereocenters. The molecule has 2 unspecified atom stereocenters. The van der Waals surface area contributed by atoms with Gasteiger partial charge < -0.3 is 14.6 Å². The number of rotatable bonds is 6. The zero-order chi connectivity index (χ0) is 13.6. The molecule has 0 saturated heterocycles. The molecule has 0 aromatic rings. The standard InChI is InChI=1S/C12H17NO5/c1-3-12(18-8-9(14)17-4-2)6-5-7-13-10(12)11(15)16/h5-7,10H,3-4,8H2,1-2H3,(H,15,16). The molecule has 1 N–H and O–H groups in total. The molecule has 0 aromatic carbocycles. The Kier molecular flexibility index (Phi) is 5.03. The molecule has 0 amide bonds. The molecule has 6 heteroatoms. The summed E-state index contributed by atoms with van der Waals surface area (Å²) >= 11 is 0. The smallest absolute Gasteiger partial charge is 0.332 e. The lowest BCUT2D eigenvalue weighted by molar-refractivity contribution is -0.159. The van der Waals surface area contributed by atoms with Crippen molar-refractivity contribution in [3.63, 3.8) is 0 Å². The van der Waals surface area contributed by atoms with Crippen molar-refractivity contribution in [1.82, 2.24) is 0 Å². The second-order valence-electron chi connectivity index (χ2n) is 3.80. The first kappa shape index (κ1) is 14.4. The third-order valence-corrected chi connectivity index (χ3v) is 2.71. The molecule has 0 bridgehead atoms. The Hall–Kier alpha value is -1.69. The van der Waals surface area contributed by atoms with Gasteiger partial charge in [-0.2, -0.15) is 0 Å². The van der Waals surface area contributed by atoms with Crippen LogP contribution in [0, 0.1) is 0 Å². The third-order valence-electron chi connectivity index (χ3n) is 2.71. The maximum Gasteiger partial charge on any atom is 0.332 e. The fourth-order valence-electron chi connectivity index (χ4n) is 1.77. The van der Waals surface area contributed by atoms with Crippen molar-refractivity contribution >= 4 is 18.2 Å². The van der Waals surface area contributed by atoms with Gasteiger partial charge in [0.25, 0.3) is 0 Å². The molecule has 1 rings (SSSR count). The predicted octanol–water partition coefficient (Wildman–Crippen LogP) is 0.809. The number of carbonyl (C=O) groups is 2. The molecule has 18 heavy (non-hydrogen) atoms. The van der Waals surface area contributed by atoms with E-state index in [0.717, 1.165) is 0 Å². The zero-order valence-corrected chi connectivity index (χ0v) is 10.5. The quantitative estimate of drug-likeness (QED) is 0.710. The highest BCUT2D eigenvalue weighted by atomic mass is 16.6. The number of ether oxygens (including phenoxy) is 2. The second kappa shape index (κ2) is 6.30. The number of hydrogen-bond donors (Lipinski definition) is 1. The van der Waals surface area contributed by atoms with Gasteiger partial charge in [-0.15, -0.1) is 0 Å². The number of nitrogens with zero attached hydrogens (tertiary/aromatic N) is 1. The summed E-state index contributed by atoms with van der Waals surface area (Å²) in [5.41, 5.74) is -1.09. The van der Waals surface area contributed by atoms with Crippen molar-refractivity contribution in [3.8, 4) is 0 Å². The van der Waals surface area contributed by atoms with E-state index in [2.05, 4.69) is 4.99 Å². The van der Waals surface area contributed by atoms with Crippen LogP contribution in [0.2, 0.25) is 0 Å². The molecule has 100 valence electrons. The summed E-state index contributed by atoms with van der Waals surface area (Å²) in [5, 5.41) is 9.13. The molecule has 0 radical (unpaired) electrons. The van der Waals surface area contributed by atoms with Gasteiger partial charge in [0, 0.05) is 6.21 Å². The Morgan fingerprint density at radius 3 is 2.72 bits per heavy atom. The van der Waals surface area contributed by atoms with Crippen molar-refractivity contribution in [3.05, 3.63) is 12.2 Å². The first-order valence-electron chi connectivity index (χ1n) is 5.79. The van der Waals surface area contributed by atoms with Gasteiger partial charge in [-0.3, -0.25) is 4.99 Å². The van der Waals surface area contributed by atoms with Gasteiger partial charge in [-0.05, 0) is 25.5 Å². The Labute approximate surface area is 105 Å². The minimum absolute atomic E-state index is 0.262. The van der Waals surface area contributed by atoms with Gasteiger partial charge in [0.05, 0.1) is 6.61 Å². The third kappa shape index (κ3) is 3.16. The SMILES string of the molecule is CCOC(=O)COC1(CC)C=CC=NC1C(=O)O. The number of aliphatic imine (C=N–C) groups is 1. The van der Waals surface area contributed by atoms with Crippen molar-refractivity contribution < 1.29 is 24.2 Å². The van der Waals surface area contributed by atoms with Gasteiger partial charge in [0.1, 0.15) is 12.2 Å². The van der Waals surface area contributed by atoms with Crippen LogP contribution in [0.25, 0.3) is 0 Å². The van der Waals surface area contributed by atoms with Gasteiger partial charge in [-0.1, -0.05) is 6.92 Å². The van der Waals surface area contributed by atoms with E-state index in [1.165, 1.54) is 6.21 Å². The van der Waals surface area contributed by atoms with Crippen LogP contribution in [-0.4, -0.2) is 48.1 Å². The lowest BCUT2D eigenvalue weighted by Crippen LogP contribution is -2.48. The maximum absolute atomic E-state index is 11.3. The van der Waals surface area contributed by atoms with Crippen LogP contribution in [0.3, 0.4) is 0 Å². The van der Waals surface area contributed by atoms with E-state index in [1.54, 1.807) is 26.0 Å². The van der Waals surface area contributed by atoms with Gasteiger partial charge in [-0.25, -0.2) is 9.59 Å². The highest BCUT2D eigenvalue weighted by molar-refractivity contribution is 5.83. The van der Waals surface area contributed by atoms with E-state index >= 15 is 0 Å². The Bertz CT molecular complexity index is 377. The summed E-state index contributed by atoms with van der Waals surface area (Å²) in [5.74, 6) is -1.60. The van der Waals surface area contributed by atoms with Crippen LogP contribution >= 0.6 is 0 Å². The summed E-state index contributed by atoms with van der Waals surface area (Å²) in [4.78, 5) is 26.3. The highest BCUT2D eigenvalue weighted by Crippen LogP contribution is 2.27. The number of carboxylic acid groups (broad SMARTS) is 1. The maximum atomic E-state index is 11.3. The predicted molar refractivity (Wildman–Crippen MR) is 64.7 cm³/mol. The van der Waals surface area contributed by atoms with Crippen LogP contribution in [0.1, 0.15) is 20.3 Å². The van der Waals surface area contributed by atoms with Crippen LogP contribution in [0.4, 0.5) is 0 Å². The van der Waals surface area contributed by atoms with Crippen LogP contribution < -0.4 is 0 Å². The average Bonchev–Trinajstić information content (AvgIpc) is 2.37. The number of esters is 1. The van der Waals surface area contributed by atoms with E-state index in [9.17, 15) is 9.59 Å². The molecule has 1 heterocycles. The van der Waals surface area contributed by atoms with E-state index < -0.39 is 23.6 Å². The molecule has 0 saturated carbocycles. The molecule has 0 aromatic heterocycles. The summed E-state index contributed by atoms with van der Waals surface area (Å²) in [6.45, 7) is 3.45. The Morgan fingerprint density at radius 2 is 2.17 bits per heavy atom. The molecule has 0 fully saturated rings. The van der Waals surface area contributed by atoms with Crippen LogP contribution in [0.5, 0.6) is 0 Å². The first-order chi connectivity index (χ1) is 8.55. The van der Waals surface area contributed by atoms with Crippen molar-refractivity contribution in [2.45, 2.75) is 31.9 Å². The number of allylic oxidation sites excluding steroid dienone is 1. The van der Waals surface area contributed by atoms with E-state index in [4.69, 9.17) is 14.6 Å². The number of carboxylic acids is 1. The fraction of sp³-hybridized carbons (Fsp3) is 0.583. The first-order valence-corrected chi connectivity index (χ1v) is 5.79. The molecule has 1 aliphatic rings. The summed E-state index contributed by atoms with van der Waals surface area (Å²) in [6, 6.07) is -1.04. The van der Waals surface area contributed by atoms with Gasteiger partial charge >= 0.3 is 11.9 Å². The van der Waals surface area contributed by atoms with Crippen LogP contribution in [0.15, 0.2) is 17.1 Å². The molecule has 1 aliphatic heterocycles. The number of aliphatic carboxylic acids is 1.